The van der Waals surface area contributed by atoms with Crippen molar-refractivity contribution in [1.29, 1.82) is 0 Å². The van der Waals surface area contributed by atoms with E-state index in [0.717, 1.165) is 32.6 Å². The molecule has 0 saturated carbocycles. The summed E-state index contributed by atoms with van der Waals surface area (Å²) in [4.78, 5) is 13.1. The summed E-state index contributed by atoms with van der Waals surface area (Å²) in [7, 11) is 1.89. The minimum Gasteiger partial charge on any atom is -0.381 e. The van der Waals surface area contributed by atoms with Crippen LogP contribution in [0.3, 0.4) is 0 Å². The molecule has 0 N–H and O–H groups in total. The topological polar surface area (TPSA) is 29.5 Å². The van der Waals surface area contributed by atoms with Gasteiger partial charge in [0.15, 0.2) is 0 Å². The molecule has 3 nitrogen and oxygen atoms in total. The zero-order chi connectivity index (χ0) is 9.68. The SMILES string of the molecule is CCC(=O)N(C)CC1CCOCC1. The Hall–Kier alpha value is -0.570. The van der Waals surface area contributed by atoms with E-state index in [1.54, 1.807) is 0 Å². The quantitative estimate of drug-likeness (QED) is 0.663. The van der Waals surface area contributed by atoms with Crippen molar-refractivity contribution in [2.45, 2.75) is 26.2 Å². The monoisotopic (exact) mass is 185 g/mol. The van der Waals surface area contributed by atoms with Crippen LogP contribution in [-0.2, 0) is 9.53 Å². The molecule has 1 saturated heterocycles. The predicted octanol–water partition coefficient (Wildman–Crippen LogP) is 1.28. The fourth-order valence-corrected chi connectivity index (χ4v) is 1.69. The normalized spacial score (nSPS) is 18.6. The van der Waals surface area contributed by atoms with Gasteiger partial charge in [-0.15, -0.1) is 0 Å². The standard InChI is InChI=1S/C10H19NO2/c1-3-10(12)11(2)8-9-4-6-13-7-5-9/h9H,3-8H2,1-2H3. The van der Waals surface area contributed by atoms with Gasteiger partial charge in [0.05, 0.1) is 0 Å². The van der Waals surface area contributed by atoms with Crippen LogP contribution >= 0.6 is 0 Å². The molecule has 1 heterocycles. The highest BCUT2D eigenvalue weighted by atomic mass is 16.5. The average Bonchev–Trinajstić information content (AvgIpc) is 2.18. The van der Waals surface area contributed by atoms with Crippen LogP contribution in [0.15, 0.2) is 0 Å². The van der Waals surface area contributed by atoms with Crippen LogP contribution in [0.2, 0.25) is 0 Å². The molecule has 76 valence electrons. The minimum atomic E-state index is 0.242. The van der Waals surface area contributed by atoms with Crippen LogP contribution in [0.25, 0.3) is 0 Å². The van der Waals surface area contributed by atoms with Crippen LogP contribution in [0, 0.1) is 5.92 Å². The van der Waals surface area contributed by atoms with Gasteiger partial charge in [-0.1, -0.05) is 6.92 Å². The first-order valence-electron chi connectivity index (χ1n) is 5.05. The summed E-state index contributed by atoms with van der Waals surface area (Å²) in [6, 6.07) is 0. The number of amides is 1. The van der Waals surface area contributed by atoms with Gasteiger partial charge in [0.1, 0.15) is 0 Å². The van der Waals surface area contributed by atoms with Gasteiger partial charge in [-0.25, -0.2) is 0 Å². The maximum atomic E-state index is 11.3. The third kappa shape index (κ3) is 3.35. The number of carbonyl (C=O) groups is 1. The number of hydrogen-bond acceptors (Lipinski definition) is 2. The zero-order valence-corrected chi connectivity index (χ0v) is 8.58. The Bertz CT molecular complexity index is 164. The summed E-state index contributed by atoms with van der Waals surface area (Å²) in [5, 5.41) is 0. The van der Waals surface area contributed by atoms with Gasteiger partial charge >= 0.3 is 0 Å². The zero-order valence-electron chi connectivity index (χ0n) is 8.58. The van der Waals surface area contributed by atoms with Crippen molar-refractivity contribution in [2.24, 2.45) is 5.92 Å². The van der Waals surface area contributed by atoms with Crippen molar-refractivity contribution in [3.63, 3.8) is 0 Å². The second kappa shape index (κ2) is 5.22. The first-order valence-corrected chi connectivity index (χ1v) is 5.05. The Balaban J connectivity index is 2.25. The van der Waals surface area contributed by atoms with Gasteiger partial charge in [0.25, 0.3) is 0 Å². The lowest BCUT2D eigenvalue weighted by Crippen LogP contribution is -2.33. The molecule has 0 aromatic rings. The Morgan fingerprint density at radius 2 is 2.08 bits per heavy atom. The smallest absolute Gasteiger partial charge is 0.222 e. The molecule has 0 atom stereocenters. The molecule has 1 aliphatic heterocycles. The van der Waals surface area contributed by atoms with Gasteiger partial charge in [-0.3, -0.25) is 4.79 Å². The minimum absolute atomic E-state index is 0.242. The number of carbonyl (C=O) groups excluding carboxylic acids is 1. The fourth-order valence-electron chi connectivity index (χ4n) is 1.69. The van der Waals surface area contributed by atoms with E-state index in [4.69, 9.17) is 4.74 Å². The third-order valence-corrected chi connectivity index (χ3v) is 2.60. The molecule has 13 heavy (non-hydrogen) atoms. The summed E-state index contributed by atoms with van der Waals surface area (Å²) in [6.07, 6.45) is 2.81. The van der Waals surface area contributed by atoms with Crippen LogP contribution in [0.4, 0.5) is 0 Å². The lowest BCUT2D eigenvalue weighted by molar-refractivity contribution is -0.130. The highest BCUT2D eigenvalue weighted by Crippen LogP contribution is 2.15. The van der Waals surface area contributed by atoms with E-state index in [2.05, 4.69) is 0 Å². The summed E-state index contributed by atoms with van der Waals surface area (Å²) < 4.78 is 5.26. The first-order chi connectivity index (χ1) is 6.24. The molecule has 0 aromatic heterocycles. The fraction of sp³-hybridized carbons (Fsp3) is 0.900. The number of ether oxygens (including phenoxy) is 1. The average molecular weight is 185 g/mol. The van der Waals surface area contributed by atoms with Crippen LogP contribution in [0.1, 0.15) is 26.2 Å². The van der Waals surface area contributed by atoms with E-state index in [-0.39, 0.29) is 5.91 Å². The van der Waals surface area contributed by atoms with Gasteiger partial charge in [-0.2, -0.15) is 0 Å². The molecule has 1 rings (SSSR count). The number of rotatable bonds is 3. The largest absolute Gasteiger partial charge is 0.381 e. The second-order valence-corrected chi connectivity index (χ2v) is 3.68. The van der Waals surface area contributed by atoms with E-state index in [9.17, 15) is 4.79 Å². The van der Waals surface area contributed by atoms with E-state index in [0.29, 0.717) is 12.3 Å². The molecule has 3 heteroatoms. The number of nitrogens with zero attached hydrogens (tertiary/aromatic N) is 1. The summed E-state index contributed by atoms with van der Waals surface area (Å²) in [6.45, 7) is 4.52. The van der Waals surface area contributed by atoms with Gasteiger partial charge in [0, 0.05) is 33.2 Å². The highest BCUT2D eigenvalue weighted by Gasteiger charge is 2.17. The molecule has 1 aliphatic rings. The van der Waals surface area contributed by atoms with Gasteiger partial charge < -0.3 is 9.64 Å². The maximum Gasteiger partial charge on any atom is 0.222 e. The molecule has 0 bridgehead atoms. The molecule has 0 spiro atoms. The molecule has 0 aromatic carbocycles. The molecular formula is C10H19NO2. The predicted molar refractivity (Wildman–Crippen MR) is 51.5 cm³/mol. The van der Waals surface area contributed by atoms with Gasteiger partial charge in [0.2, 0.25) is 5.91 Å². The third-order valence-electron chi connectivity index (χ3n) is 2.60. The van der Waals surface area contributed by atoms with E-state index in [1.807, 2.05) is 18.9 Å². The molecule has 1 fully saturated rings. The second-order valence-electron chi connectivity index (χ2n) is 3.68. The number of hydrogen-bond donors (Lipinski definition) is 0. The van der Waals surface area contributed by atoms with Crippen molar-refractivity contribution in [1.82, 2.24) is 4.90 Å². The Kier molecular flexibility index (Phi) is 4.22. The molecule has 0 aliphatic carbocycles. The molecule has 0 radical (unpaired) electrons. The summed E-state index contributed by atoms with van der Waals surface area (Å²) in [5.41, 5.74) is 0. The van der Waals surface area contributed by atoms with Crippen molar-refractivity contribution >= 4 is 5.91 Å². The summed E-state index contributed by atoms with van der Waals surface area (Å²) in [5.74, 6) is 0.890. The molecule has 1 amide bonds. The Labute approximate surface area is 80.1 Å². The Morgan fingerprint density at radius 3 is 2.62 bits per heavy atom. The van der Waals surface area contributed by atoms with Crippen molar-refractivity contribution in [2.75, 3.05) is 26.8 Å². The molecular weight excluding hydrogens is 166 g/mol. The molecule has 0 unspecified atom stereocenters. The van der Waals surface area contributed by atoms with E-state index < -0.39 is 0 Å². The van der Waals surface area contributed by atoms with Crippen LogP contribution in [0.5, 0.6) is 0 Å². The summed E-state index contributed by atoms with van der Waals surface area (Å²) >= 11 is 0. The van der Waals surface area contributed by atoms with Crippen LogP contribution in [-0.4, -0.2) is 37.6 Å². The Morgan fingerprint density at radius 1 is 1.46 bits per heavy atom. The van der Waals surface area contributed by atoms with Crippen molar-refractivity contribution in [3.05, 3.63) is 0 Å². The lowest BCUT2D eigenvalue weighted by atomic mass is 10.00. The highest BCUT2D eigenvalue weighted by molar-refractivity contribution is 5.75. The van der Waals surface area contributed by atoms with Crippen LogP contribution < -0.4 is 0 Å². The van der Waals surface area contributed by atoms with Crippen molar-refractivity contribution in [3.8, 4) is 0 Å². The van der Waals surface area contributed by atoms with E-state index in [1.165, 1.54) is 0 Å². The van der Waals surface area contributed by atoms with Crippen molar-refractivity contribution < 1.29 is 9.53 Å². The van der Waals surface area contributed by atoms with E-state index >= 15 is 0 Å². The maximum absolute atomic E-state index is 11.3. The lowest BCUT2D eigenvalue weighted by Gasteiger charge is -2.26. The first kappa shape index (κ1) is 10.5. The van der Waals surface area contributed by atoms with Gasteiger partial charge in [-0.05, 0) is 18.8 Å².